The van der Waals surface area contributed by atoms with E-state index in [1.807, 2.05) is 0 Å². The van der Waals surface area contributed by atoms with Crippen molar-refractivity contribution in [3.05, 3.63) is 29.7 Å². The van der Waals surface area contributed by atoms with Gasteiger partial charge in [0.1, 0.15) is 0 Å². The van der Waals surface area contributed by atoms with Crippen LogP contribution in [0.25, 0.3) is 0 Å². The van der Waals surface area contributed by atoms with E-state index in [0.717, 1.165) is 23.7 Å². The molecule has 0 saturated heterocycles. The number of hydrogen-bond acceptors (Lipinski definition) is 0. The molecule has 0 aromatic heterocycles. The van der Waals surface area contributed by atoms with Gasteiger partial charge in [-0.15, -0.1) is 0 Å². The molecule has 3 fully saturated rings. The van der Waals surface area contributed by atoms with Crippen molar-refractivity contribution < 1.29 is 26.2 Å². The van der Waals surface area contributed by atoms with Gasteiger partial charge in [0.2, 0.25) is 0 Å². The van der Waals surface area contributed by atoms with Gasteiger partial charge in [-0.3, -0.25) is 0 Å². The molecule has 1 heteroatoms. The molecule has 24 heavy (non-hydrogen) atoms. The molecular formula is C23H48Zr. The average molecular weight is 416 g/mol. The predicted molar refractivity (Wildman–Crippen MR) is 111 cm³/mol. The van der Waals surface area contributed by atoms with Gasteiger partial charge in [0, 0.05) is 0 Å². The molecule has 0 amide bonds. The van der Waals surface area contributed by atoms with Crippen molar-refractivity contribution in [1.82, 2.24) is 0 Å². The van der Waals surface area contributed by atoms with E-state index in [9.17, 15) is 0 Å². The maximum Gasteiger partial charge on any atom is 4.00 e. The molecule has 0 heterocycles. The van der Waals surface area contributed by atoms with Crippen LogP contribution in [-0.4, -0.2) is 0 Å². The predicted octanol–water partition coefficient (Wildman–Crippen LogP) is 8.39. The summed E-state index contributed by atoms with van der Waals surface area (Å²) in [5.74, 6) is 4.52. The Labute approximate surface area is 176 Å². The second kappa shape index (κ2) is 18.7. The van der Waals surface area contributed by atoms with Crippen LogP contribution < -0.4 is 0 Å². The summed E-state index contributed by atoms with van der Waals surface area (Å²) in [6.45, 7) is 4.67. The van der Waals surface area contributed by atoms with Crippen LogP contribution in [0.5, 0.6) is 0 Å². The van der Waals surface area contributed by atoms with Crippen LogP contribution >= 0.6 is 0 Å². The van der Waals surface area contributed by atoms with Crippen molar-refractivity contribution in [2.75, 3.05) is 0 Å². The fourth-order valence-corrected chi connectivity index (χ4v) is 5.07. The van der Waals surface area contributed by atoms with Crippen LogP contribution in [-0.2, 0) is 26.2 Å². The molecule has 0 aromatic rings. The van der Waals surface area contributed by atoms with Gasteiger partial charge in [0.15, 0.2) is 0 Å². The molecule has 0 spiro atoms. The SMILES string of the molecule is CCC1CCC2CCCCC12.CCCC1CCCC1.[CH3-].[CH3-].[CH3-].[CH3-].[Zr+4]. The van der Waals surface area contributed by atoms with E-state index in [2.05, 4.69) is 13.8 Å². The molecule has 0 nitrogen and oxygen atoms in total. The number of hydrogen-bond donors (Lipinski definition) is 0. The zero-order valence-corrected chi connectivity index (χ0v) is 20.5. The van der Waals surface area contributed by atoms with E-state index in [1.54, 1.807) is 25.7 Å². The molecule has 3 aliphatic rings. The van der Waals surface area contributed by atoms with E-state index in [4.69, 9.17) is 0 Å². The van der Waals surface area contributed by atoms with Gasteiger partial charge in [-0.2, -0.15) is 0 Å². The van der Waals surface area contributed by atoms with E-state index >= 15 is 0 Å². The summed E-state index contributed by atoms with van der Waals surface area (Å²) in [7, 11) is 0. The summed E-state index contributed by atoms with van der Waals surface area (Å²) in [6, 6.07) is 0. The molecule has 0 radical (unpaired) electrons. The first kappa shape index (κ1) is 32.5. The van der Waals surface area contributed by atoms with Crippen LogP contribution in [0.4, 0.5) is 0 Å². The largest absolute Gasteiger partial charge is 4.00 e. The first-order chi connectivity index (χ1) is 9.35. The summed E-state index contributed by atoms with van der Waals surface area (Å²) < 4.78 is 0. The number of fused-ring (bicyclic) bond motifs is 1. The van der Waals surface area contributed by atoms with Gasteiger partial charge >= 0.3 is 26.2 Å². The van der Waals surface area contributed by atoms with Gasteiger partial charge in [0.25, 0.3) is 0 Å². The zero-order valence-electron chi connectivity index (χ0n) is 18.0. The van der Waals surface area contributed by atoms with Crippen molar-refractivity contribution in [1.29, 1.82) is 0 Å². The maximum atomic E-state index is 2.38. The third kappa shape index (κ3) is 10.1. The molecule has 3 atom stereocenters. The Balaban J connectivity index is -0.000000142. The second-order valence-electron chi connectivity index (χ2n) is 7.39. The molecule has 3 saturated carbocycles. The Hall–Kier alpha value is 0.883. The van der Waals surface area contributed by atoms with Crippen molar-refractivity contribution in [2.24, 2.45) is 23.7 Å². The Kier molecular flexibility index (Phi) is 25.3. The zero-order chi connectivity index (χ0) is 13.5. The van der Waals surface area contributed by atoms with E-state index in [-0.39, 0.29) is 55.9 Å². The summed E-state index contributed by atoms with van der Waals surface area (Å²) in [5, 5.41) is 0. The van der Waals surface area contributed by atoms with E-state index in [0.29, 0.717) is 0 Å². The molecule has 0 bridgehead atoms. The van der Waals surface area contributed by atoms with Gasteiger partial charge in [-0.25, -0.2) is 0 Å². The number of rotatable bonds is 3. The Bertz CT molecular complexity index is 226. The maximum absolute atomic E-state index is 2.38. The minimum atomic E-state index is 0. The minimum Gasteiger partial charge on any atom is -0.358 e. The standard InChI is InChI=1S/C11H20.C8H16.4CH3.Zr/c1-2-9-7-8-10-5-3-4-6-11(9)10;1-2-5-8-6-3-4-7-8;;;;;/h9-11H,2-8H2,1H3;8H,2-7H2,1H3;4*1H3;/q;;4*-1;+4. The molecule has 3 aliphatic carbocycles. The van der Waals surface area contributed by atoms with Crippen molar-refractivity contribution in [3.8, 4) is 0 Å². The van der Waals surface area contributed by atoms with Gasteiger partial charge in [-0.05, 0) is 42.9 Å². The third-order valence-corrected chi connectivity index (χ3v) is 6.18. The average Bonchev–Trinajstić information content (AvgIpc) is 3.08. The van der Waals surface area contributed by atoms with Gasteiger partial charge < -0.3 is 29.7 Å². The molecule has 0 aliphatic heterocycles. The minimum absolute atomic E-state index is 0. The fraction of sp³-hybridized carbons (Fsp3) is 0.826. The molecular weight excluding hydrogens is 367 g/mol. The van der Waals surface area contributed by atoms with Crippen molar-refractivity contribution in [2.45, 2.75) is 97.3 Å². The smallest absolute Gasteiger partial charge is 0.358 e. The molecule has 0 N–H and O–H groups in total. The van der Waals surface area contributed by atoms with Crippen LogP contribution in [0, 0.1) is 53.4 Å². The van der Waals surface area contributed by atoms with E-state index in [1.165, 1.54) is 57.8 Å². The quantitative estimate of drug-likeness (QED) is 0.406. The summed E-state index contributed by atoms with van der Waals surface area (Å²) in [4.78, 5) is 0. The Morgan fingerprint density at radius 1 is 0.667 bits per heavy atom. The summed E-state index contributed by atoms with van der Waals surface area (Å²) in [6.07, 6.45) is 19.7. The topological polar surface area (TPSA) is 0 Å². The van der Waals surface area contributed by atoms with Crippen LogP contribution in [0.3, 0.4) is 0 Å². The molecule has 144 valence electrons. The fourth-order valence-electron chi connectivity index (χ4n) is 5.07. The molecule has 3 unspecified atom stereocenters. The third-order valence-electron chi connectivity index (χ3n) is 6.18. The second-order valence-corrected chi connectivity index (χ2v) is 7.39. The van der Waals surface area contributed by atoms with Gasteiger partial charge in [0.05, 0.1) is 0 Å². The van der Waals surface area contributed by atoms with Crippen LogP contribution in [0.15, 0.2) is 0 Å². The van der Waals surface area contributed by atoms with Crippen molar-refractivity contribution in [3.63, 3.8) is 0 Å². The Morgan fingerprint density at radius 2 is 1.21 bits per heavy atom. The van der Waals surface area contributed by atoms with Crippen molar-refractivity contribution >= 4 is 0 Å². The summed E-state index contributed by atoms with van der Waals surface area (Å²) in [5.41, 5.74) is 0. The summed E-state index contributed by atoms with van der Waals surface area (Å²) >= 11 is 0. The van der Waals surface area contributed by atoms with Gasteiger partial charge in [-0.1, -0.05) is 78.1 Å². The van der Waals surface area contributed by atoms with Crippen LogP contribution in [0.2, 0.25) is 0 Å². The normalized spacial score (nSPS) is 27.5. The first-order valence-corrected chi connectivity index (χ1v) is 9.35. The van der Waals surface area contributed by atoms with E-state index < -0.39 is 0 Å². The first-order valence-electron chi connectivity index (χ1n) is 9.35. The molecule has 0 aromatic carbocycles. The Morgan fingerprint density at radius 3 is 1.75 bits per heavy atom. The van der Waals surface area contributed by atoms with Crippen LogP contribution in [0.1, 0.15) is 97.3 Å². The molecule has 3 rings (SSSR count). The monoisotopic (exact) mass is 414 g/mol.